The molecule has 3 nitrogen and oxygen atoms in total. The molecule has 1 aromatic carbocycles. The maximum absolute atomic E-state index is 11.4. The lowest BCUT2D eigenvalue weighted by Crippen LogP contribution is -2.26. The number of rotatable bonds is 6. The van der Waals surface area contributed by atoms with Crippen LogP contribution in [0, 0.1) is 0 Å². The predicted molar refractivity (Wildman–Crippen MR) is 71.9 cm³/mol. The number of hydrogen-bond donors (Lipinski definition) is 1. The molecule has 0 bridgehead atoms. The van der Waals surface area contributed by atoms with Crippen molar-refractivity contribution in [3.05, 3.63) is 35.4 Å². The lowest BCUT2D eigenvalue weighted by atomic mass is 10.0. The van der Waals surface area contributed by atoms with Gasteiger partial charge in [-0.3, -0.25) is 0 Å². The van der Waals surface area contributed by atoms with Crippen LogP contribution >= 0.6 is 11.6 Å². The van der Waals surface area contributed by atoms with Gasteiger partial charge in [0, 0.05) is 12.4 Å². The van der Waals surface area contributed by atoms with Crippen molar-refractivity contribution >= 4 is 21.6 Å². The third kappa shape index (κ3) is 5.06. The van der Waals surface area contributed by atoms with Gasteiger partial charge in [-0.15, -0.1) is 11.6 Å². The third-order valence-electron chi connectivity index (χ3n) is 2.49. The highest BCUT2D eigenvalue weighted by Gasteiger charge is 2.08. The van der Waals surface area contributed by atoms with Crippen molar-refractivity contribution in [2.75, 3.05) is 11.6 Å². The van der Waals surface area contributed by atoms with Gasteiger partial charge in [-0.25, -0.2) is 13.1 Å². The van der Waals surface area contributed by atoms with E-state index in [0.717, 1.165) is 5.56 Å². The first kappa shape index (κ1) is 14.5. The molecule has 0 amide bonds. The molecule has 0 aliphatic rings. The van der Waals surface area contributed by atoms with E-state index in [-0.39, 0.29) is 11.6 Å². The molecule has 96 valence electrons. The summed E-state index contributed by atoms with van der Waals surface area (Å²) in [4.78, 5) is 0. The molecule has 1 N–H and O–H groups in total. The van der Waals surface area contributed by atoms with Gasteiger partial charge in [-0.2, -0.15) is 0 Å². The molecule has 0 unspecified atom stereocenters. The quantitative estimate of drug-likeness (QED) is 0.811. The van der Waals surface area contributed by atoms with Crippen molar-refractivity contribution in [3.63, 3.8) is 0 Å². The van der Waals surface area contributed by atoms with E-state index < -0.39 is 10.0 Å². The summed E-state index contributed by atoms with van der Waals surface area (Å²) in [6, 6.07) is 7.93. The largest absolute Gasteiger partial charge is 0.213 e. The first-order valence-corrected chi connectivity index (χ1v) is 7.75. The van der Waals surface area contributed by atoms with Crippen LogP contribution in [-0.4, -0.2) is 20.1 Å². The van der Waals surface area contributed by atoms with Crippen LogP contribution in [0.3, 0.4) is 0 Å². The average molecular weight is 276 g/mol. The summed E-state index contributed by atoms with van der Waals surface area (Å²) in [5.41, 5.74) is 2.20. The van der Waals surface area contributed by atoms with Crippen LogP contribution in [0.5, 0.6) is 0 Å². The van der Waals surface area contributed by atoms with Gasteiger partial charge in [0.2, 0.25) is 10.0 Å². The summed E-state index contributed by atoms with van der Waals surface area (Å²) in [6.45, 7) is 4.56. The molecule has 0 radical (unpaired) electrons. The van der Waals surface area contributed by atoms with Crippen molar-refractivity contribution in [2.24, 2.45) is 0 Å². The lowest BCUT2D eigenvalue weighted by Gasteiger charge is -2.08. The van der Waals surface area contributed by atoms with E-state index >= 15 is 0 Å². The van der Waals surface area contributed by atoms with Crippen LogP contribution in [-0.2, 0) is 16.6 Å². The number of sulfonamides is 1. The summed E-state index contributed by atoms with van der Waals surface area (Å²) in [7, 11) is -3.24. The van der Waals surface area contributed by atoms with Crippen LogP contribution in [0.25, 0.3) is 0 Å². The molecule has 0 spiro atoms. The van der Waals surface area contributed by atoms with Crippen molar-refractivity contribution in [1.29, 1.82) is 0 Å². The molecule has 0 heterocycles. The molecule has 1 aromatic rings. The van der Waals surface area contributed by atoms with Crippen LogP contribution < -0.4 is 4.72 Å². The van der Waals surface area contributed by atoms with E-state index in [1.165, 1.54) is 5.56 Å². The number of nitrogens with one attached hydrogen (secondary N) is 1. The second-order valence-corrected chi connectivity index (χ2v) is 6.53. The molecule has 0 atom stereocenters. The minimum absolute atomic E-state index is 0.0430. The highest BCUT2D eigenvalue weighted by atomic mass is 35.5. The smallest absolute Gasteiger partial charge is 0.212 e. The molecular weight excluding hydrogens is 258 g/mol. The van der Waals surface area contributed by atoms with Gasteiger partial charge in [0.1, 0.15) is 0 Å². The van der Waals surface area contributed by atoms with Gasteiger partial charge in [-0.05, 0) is 17.0 Å². The van der Waals surface area contributed by atoms with Crippen LogP contribution in [0.15, 0.2) is 24.3 Å². The van der Waals surface area contributed by atoms with Gasteiger partial charge >= 0.3 is 0 Å². The van der Waals surface area contributed by atoms with E-state index in [1.54, 1.807) is 0 Å². The summed E-state index contributed by atoms with van der Waals surface area (Å²) >= 11 is 5.40. The van der Waals surface area contributed by atoms with Crippen molar-refractivity contribution in [2.45, 2.75) is 26.3 Å². The normalized spacial score (nSPS) is 12.0. The Morgan fingerprint density at radius 1 is 1.24 bits per heavy atom. The van der Waals surface area contributed by atoms with Gasteiger partial charge in [0.15, 0.2) is 0 Å². The second-order valence-electron chi connectivity index (χ2n) is 4.23. The summed E-state index contributed by atoms with van der Waals surface area (Å²) in [5, 5.41) is 0. The van der Waals surface area contributed by atoms with Crippen molar-refractivity contribution in [1.82, 2.24) is 4.72 Å². The maximum atomic E-state index is 11.4. The number of halogens is 1. The molecule has 0 fully saturated rings. The Morgan fingerprint density at radius 3 is 2.29 bits per heavy atom. The average Bonchev–Trinajstić information content (AvgIpc) is 2.27. The Kier molecular flexibility index (Phi) is 5.43. The Labute approximate surface area is 108 Å². The zero-order valence-corrected chi connectivity index (χ0v) is 11.7. The first-order valence-electron chi connectivity index (χ1n) is 5.57. The van der Waals surface area contributed by atoms with Crippen LogP contribution in [0.4, 0.5) is 0 Å². The van der Waals surface area contributed by atoms with E-state index in [2.05, 4.69) is 18.6 Å². The van der Waals surface area contributed by atoms with E-state index in [1.807, 2.05) is 24.3 Å². The first-order chi connectivity index (χ1) is 7.94. The molecule has 0 saturated heterocycles. The highest BCUT2D eigenvalue weighted by molar-refractivity contribution is 7.89. The van der Waals surface area contributed by atoms with Crippen LogP contribution in [0.2, 0.25) is 0 Å². The predicted octanol–water partition coefficient (Wildman–Crippen LogP) is 2.47. The molecule has 0 aliphatic heterocycles. The van der Waals surface area contributed by atoms with Crippen LogP contribution in [0.1, 0.15) is 30.9 Å². The van der Waals surface area contributed by atoms with E-state index in [0.29, 0.717) is 12.5 Å². The Hall–Kier alpha value is -0.580. The summed E-state index contributed by atoms with van der Waals surface area (Å²) < 4.78 is 25.3. The SMILES string of the molecule is CC(C)c1ccc(CNS(=O)(=O)CCCl)cc1. The summed E-state index contributed by atoms with van der Waals surface area (Å²) in [5.74, 6) is 0.553. The second kappa shape index (κ2) is 6.38. The fourth-order valence-electron chi connectivity index (χ4n) is 1.39. The molecule has 17 heavy (non-hydrogen) atoms. The van der Waals surface area contributed by atoms with Gasteiger partial charge in [0.05, 0.1) is 5.75 Å². The minimum atomic E-state index is -3.24. The Morgan fingerprint density at radius 2 is 1.82 bits per heavy atom. The molecular formula is C12H18ClNO2S. The molecule has 0 saturated carbocycles. The number of hydrogen-bond acceptors (Lipinski definition) is 2. The monoisotopic (exact) mass is 275 g/mol. The lowest BCUT2D eigenvalue weighted by molar-refractivity contribution is 0.583. The van der Waals surface area contributed by atoms with E-state index in [4.69, 9.17) is 11.6 Å². The summed E-state index contributed by atoms with van der Waals surface area (Å²) in [6.07, 6.45) is 0. The van der Waals surface area contributed by atoms with Crippen molar-refractivity contribution < 1.29 is 8.42 Å². The topological polar surface area (TPSA) is 46.2 Å². The fraction of sp³-hybridized carbons (Fsp3) is 0.500. The molecule has 0 aliphatic carbocycles. The zero-order valence-electron chi connectivity index (χ0n) is 10.1. The standard InChI is InChI=1S/C12H18ClNO2S/c1-10(2)12-5-3-11(4-6-12)9-14-17(15,16)8-7-13/h3-6,10,14H,7-9H2,1-2H3. The number of benzene rings is 1. The fourth-order valence-corrected chi connectivity index (χ4v) is 2.73. The van der Waals surface area contributed by atoms with Gasteiger partial charge < -0.3 is 0 Å². The Balaban J connectivity index is 2.59. The molecule has 5 heteroatoms. The maximum Gasteiger partial charge on any atom is 0.213 e. The van der Waals surface area contributed by atoms with Gasteiger partial charge in [0.25, 0.3) is 0 Å². The third-order valence-corrected chi connectivity index (χ3v) is 4.23. The van der Waals surface area contributed by atoms with Crippen molar-refractivity contribution in [3.8, 4) is 0 Å². The highest BCUT2D eigenvalue weighted by Crippen LogP contribution is 2.14. The minimum Gasteiger partial charge on any atom is -0.212 e. The Bertz CT molecular complexity index is 440. The van der Waals surface area contributed by atoms with Gasteiger partial charge in [-0.1, -0.05) is 38.1 Å². The molecule has 0 aromatic heterocycles. The molecule has 1 rings (SSSR count). The number of alkyl halides is 1. The van der Waals surface area contributed by atoms with E-state index in [9.17, 15) is 8.42 Å². The zero-order chi connectivity index (χ0) is 12.9.